The van der Waals surface area contributed by atoms with Crippen molar-refractivity contribution in [1.82, 2.24) is 0 Å². The molecule has 0 saturated carbocycles. The van der Waals surface area contributed by atoms with Crippen LogP contribution in [0.25, 0.3) is 16.0 Å². The summed E-state index contributed by atoms with van der Waals surface area (Å²) in [6.45, 7) is 9.93. The van der Waals surface area contributed by atoms with Gasteiger partial charge in [0.05, 0.1) is 34.8 Å². The van der Waals surface area contributed by atoms with Crippen molar-refractivity contribution >= 4 is 51.2 Å². The van der Waals surface area contributed by atoms with Gasteiger partial charge in [-0.25, -0.2) is 9.64 Å². The molecule has 5 nitrogen and oxygen atoms in total. The van der Waals surface area contributed by atoms with Crippen LogP contribution in [0.2, 0.25) is 10.0 Å². The molecule has 24 heavy (non-hydrogen) atoms. The third-order valence-corrected chi connectivity index (χ3v) is 5.64. The molecule has 2 aromatic rings. The summed E-state index contributed by atoms with van der Waals surface area (Å²) in [5.74, 6) is -1.06. The first-order valence-electron chi connectivity index (χ1n) is 7.08. The summed E-state index contributed by atoms with van der Waals surface area (Å²) in [5, 5.41) is 10.9. The molecule has 1 saturated heterocycles. The summed E-state index contributed by atoms with van der Waals surface area (Å²) >= 11 is 13.1. The molecule has 0 spiro atoms. The highest BCUT2D eigenvalue weighted by atomic mass is 35.5. The van der Waals surface area contributed by atoms with E-state index in [1.165, 1.54) is 0 Å². The molecule has 8 heteroatoms. The van der Waals surface area contributed by atoms with Crippen LogP contribution in [0.5, 0.6) is 0 Å². The molecule has 0 aliphatic carbocycles. The second-order valence-corrected chi connectivity index (χ2v) is 6.92. The summed E-state index contributed by atoms with van der Waals surface area (Å²) in [6.07, 6.45) is 0. The molecule has 0 bridgehead atoms. The first-order valence-corrected chi connectivity index (χ1v) is 8.66. The molecule has 0 atom stereocenters. The largest absolute Gasteiger partial charge is 0.477 e. The number of nitrogens with zero attached hydrogens (tertiary/aromatic N) is 2. The fourth-order valence-electron chi connectivity index (χ4n) is 2.57. The lowest BCUT2D eigenvalue weighted by Crippen LogP contribution is -2.35. The molecule has 3 rings (SSSR count). The lowest BCUT2D eigenvalue weighted by Gasteiger charge is -2.28. The van der Waals surface area contributed by atoms with Gasteiger partial charge in [0.25, 0.3) is 0 Å². The maximum absolute atomic E-state index is 11.7. The molecule has 124 valence electrons. The number of hydrogen-bond donors (Lipinski definition) is 1. The van der Waals surface area contributed by atoms with Gasteiger partial charge in [-0.15, -0.1) is 11.3 Å². The van der Waals surface area contributed by atoms with Crippen LogP contribution in [0, 0.1) is 6.57 Å². The van der Waals surface area contributed by atoms with Crippen molar-refractivity contribution in [2.45, 2.75) is 0 Å². The summed E-state index contributed by atoms with van der Waals surface area (Å²) in [4.78, 5) is 17.5. The van der Waals surface area contributed by atoms with Gasteiger partial charge < -0.3 is 14.7 Å². The minimum absolute atomic E-state index is 0.126. The molecule has 0 radical (unpaired) electrons. The van der Waals surface area contributed by atoms with Crippen LogP contribution < -0.4 is 4.90 Å². The maximum Gasteiger partial charge on any atom is 0.345 e. The molecule has 0 amide bonds. The molecule has 1 N–H and O–H groups in total. The van der Waals surface area contributed by atoms with Crippen molar-refractivity contribution < 1.29 is 14.6 Å². The molecular weight excluding hydrogens is 371 g/mol. The highest BCUT2D eigenvalue weighted by molar-refractivity contribution is 7.19. The minimum atomic E-state index is -1.06. The van der Waals surface area contributed by atoms with Crippen molar-refractivity contribution in [3.8, 4) is 11.1 Å². The number of thiophene rings is 1. The Hall–Kier alpha value is -1.78. The predicted molar refractivity (Wildman–Crippen MR) is 96.0 cm³/mol. The van der Waals surface area contributed by atoms with Crippen molar-refractivity contribution in [3.63, 3.8) is 0 Å². The fraction of sp³-hybridized carbons (Fsp3) is 0.250. The van der Waals surface area contributed by atoms with E-state index < -0.39 is 5.97 Å². The van der Waals surface area contributed by atoms with Crippen molar-refractivity contribution in [3.05, 3.63) is 44.5 Å². The summed E-state index contributed by atoms with van der Waals surface area (Å²) in [5.41, 5.74) is 1.30. The molecule has 2 heterocycles. The van der Waals surface area contributed by atoms with E-state index in [4.69, 9.17) is 34.5 Å². The van der Waals surface area contributed by atoms with E-state index >= 15 is 0 Å². The summed E-state index contributed by atoms with van der Waals surface area (Å²) in [7, 11) is 0. The van der Waals surface area contributed by atoms with Crippen LogP contribution >= 0.6 is 34.5 Å². The van der Waals surface area contributed by atoms with Gasteiger partial charge in [-0.05, 0) is 17.7 Å². The van der Waals surface area contributed by atoms with Gasteiger partial charge in [-0.3, -0.25) is 0 Å². The van der Waals surface area contributed by atoms with Gasteiger partial charge in [-0.1, -0.05) is 29.3 Å². The topological polar surface area (TPSA) is 54.1 Å². The Morgan fingerprint density at radius 2 is 2.00 bits per heavy atom. The Balaban J connectivity index is 2.19. The lowest BCUT2D eigenvalue weighted by molar-refractivity contribution is 0.0703. The SMILES string of the molecule is [C-]#[N+]c1c(N2CCOCC2)sc(C(=O)O)c1-c1ccc(Cl)c(Cl)c1. The molecular formula is C16H12Cl2N2O3S. The Bertz CT molecular complexity index is 839. The zero-order valence-corrected chi connectivity index (χ0v) is 14.7. The normalized spacial score (nSPS) is 14.5. The Morgan fingerprint density at radius 3 is 2.58 bits per heavy atom. The fourth-order valence-corrected chi connectivity index (χ4v) is 4.02. The smallest absolute Gasteiger partial charge is 0.345 e. The van der Waals surface area contributed by atoms with Gasteiger partial charge in [0.1, 0.15) is 4.88 Å². The molecule has 1 aromatic carbocycles. The first-order chi connectivity index (χ1) is 11.5. The molecule has 0 unspecified atom stereocenters. The average molecular weight is 383 g/mol. The van der Waals surface area contributed by atoms with E-state index in [1.807, 2.05) is 4.90 Å². The van der Waals surface area contributed by atoms with Crippen LogP contribution in [0.15, 0.2) is 18.2 Å². The Kier molecular flexibility index (Phi) is 4.97. The third-order valence-electron chi connectivity index (χ3n) is 3.68. The number of carboxylic acids is 1. The van der Waals surface area contributed by atoms with Crippen LogP contribution in [0.4, 0.5) is 10.7 Å². The number of anilines is 1. The maximum atomic E-state index is 11.7. The number of hydrogen-bond acceptors (Lipinski definition) is 4. The van der Waals surface area contributed by atoms with E-state index in [1.54, 1.807) is 18.2 Å². The second kappa shape index (κ2) is 6.99. The summed E-state index contributed by atoms with van der Waals surface area (Å²) in [6, 6.07) is 4.88. The van der Waals surface area contributed by atoms with E-state index in [-0.39, 0.29) is 4.88 Å². The van der Waals surface area contributed by atoms with Crippen LogP contribution in [-0.4, -0.2) is 37.4 Å². The Morgan fingerprint density at radius 1 is 1.29 bits per heavy atom. The Labute approximate surface area is 152 Å². The molecule has 1 aliphatic heterocycles. The number of carbonyl (C=O) groups is 1. The predicted octanol–water partition coefficient (Wildman–Crippen LogP) is 4.81. The minimum Gasteiger partial charge on any atom is -0.477 e. The number of benzene rings is 1. The van der Waals surface area contributed by atoms with Crippen LogP contribution in [-0.2, 0) is 4.74 Å². The van der Waals surface area contributed by atoms with Gasteiger partial charge in [0, 0.05) is 18.7 Å². The van der Waals surface area contributed by atoms with Gasteiger partial charge >= 0.3 is 5.97 Å². The standard InChI is InChI=1S/C16H12Cl2N2O3S/c1-19-13-12(9-2-3-10(17)11(18)8-9)14(16(21)22)24-15(13)20-4-6-23-7-5-20/h2-3,8H,4-7H2,(H,21,22). The number of rotatable bonds is 3. The van der Waals surface area contributed by atoms with Crippen LogP contribution in [0.3, 0.4) is 0 Å². The number of morpholine rings is 1. The monoisotopic (exact) mass is 382 g/mol. The quantitative estimate of drug-likeness (QED) is 0.773. The van der Waals surface area contributed by atoms with E-state index in [0.29, 0.717) is 58.2 Å². The average Bonchev–Trinajstić information content (AvgIpc) is 2.98. The van der Waals surface area contributed by atoms with Crippen molar-refractivity contribution in [1.29, 1.82) is 0 Å². The van der Waals surface area contributed by atoms with Crippen molar-refractivity contribution in [2.75, 3.05) is 31.2 Å². The number of aromatic carboxylic acids is 1. The second-order valence-electron chi connectivity index (χ2n) is 5.11. The molecule has 1 fully saturated rings. The summed E-state index contributed by atoms with van der Waals surface area (Å²) < 4.78 is 5.33. The van der Waals surface area contributed by atoms with Gasteiger partial charge in [0.15, 0.2) is 0 Å². The van der Waals surface area contributed by atoms with Crippen molar-refractivity contribution in [2.24, 2.45) is 0 Å². The number of halogens is 2. The first kappa shape index (κ1) is 17.1. The zero-order chi connectivity index (χ0) is 17.3. The van der Waals surface area contributed by atoms with E-state index in [2.05, 4.69) is 4.85 Å². The third kappa shape index (κ3) is 3.08. The highest BCUT2D eigenvalue weighted by Gasteiger charge is 2.28. The van der Waals surface area contributed by atoms with Crippen LogP contribution in [0.1, 0.15) is 9.67 Å². The molecule has 1 aromatic heterocycles. The van der Waals surface area contributed by atoms with Gasteiger partial charge in [0.2, 0.25) is 5.69 Å². The van der Waals surface area contributed by atoms with E-state index in [9.17, 15) is 9.90 Å². The van der Waals surface area contributed by atoms with E-state index in [0.717, 1.165) is 11.3 Å². The highest BCUT2D eigenvalue weighted by Crippen LogP contribution is 2.49. The zero-order valence-electron chi connectivity index (χ0n) is 12.4. The lowest BCUT2D eigenvalue weighted by atomic mass is 10.0. The number of carboxylic acid groups (broad SMARTS) is 1. The molecule has 1 aliphatic rings. The van der Waals surface area contributed by atoms with Gasteiger partial charge in [-0.2, -0.15) is 0 Å². The number of ether oxygens (including phenoxy) is 1.